The zero-order valence-corrected chi connectivity index (χ0v) is 19.6. The Bertz CT molecular complexity index is 1390. The van der Waals surface area contributed by atoms with E-state index in [1.807, 2.05) is 36.4 Å². The van der Waals surface area contributed by atoms with Gasteiger partial charge in [0.2, 0.25) is 0 Å². The highest BCUT2D eigenvalue weighted by Crippen LogP contribution is 2.26. The molecule has 3 heterocycles. The molecule has 0 aliphatic carbocycles. The molecular weight excluding hydrogens is 449 g/mol. The molecule has 180 valence electrons. The Morgan fingerprint density at radius 1 is 1.06 bits per heavy atom. The molecule has 8 nitrogen and oxygen atoms in total. The van der Waals surface area contributed by atoms with Gasteiger partial charge >= 0.3 is 0 Å². The molecule has 0 bridgehead atoms. The van der Waals surface area contributed by atoms with Crippen LogP contribution in [-0.4, -0.2) is 53.0 Å². The zero-order chi connectivity index (χ0) is 24.4. The molecule has 5 rings (SSSR count). The largest absolute Gasteiger partial charge is 0.491 e. The molecule has 1 aliphatic heterocycles. The van der Waals surface area contributed by atoms with E-state index in [4.69, 9.17) is 9.47 Å². The molecule has 0 spiro atoms. The summed E-state index contributed by atoms with van der Waals surface area (Å²) >= 11 is 0. The highest BCUT2D eigenvalue weighted by Gasteiger charge is 2.22. The van der Waals surface area contributed by atoms with Crippen molar-refractivity contribution in [2.75, 3.05) is 32.2 Å². The molecule has 1 fully saturated rings. The molecule has 0 N–H and O–H groups in total. The lowest BCUT2D eigenvalue weighted by atomic mass is 10.1. The summed E-state index contributed by atoms with van der Waals surface area (Å²) in [6.07, 6.45) is 5.10. The quantitative estimate of drug-likeness (QED) is 0.422. The SMILES string of the molecule is COc1cn(-c2ccc(N3CCCC(OC)C3)cc2F)nc(-c2ccnn2-c2ccccc2)c1=O. The number of rotatable bonds is 6. The van der Waals surface area contributed by atoms with E-state index in [1.165, 1.54) is 24.1 Å². The van der Waals surface area contributed by atoms with E-state index in [0.717, 1.165) is 30.8 Å². The molecule has 0 amide bonds. The van der Waals surface area contributed by atoms with Crippen molar-refractivity contribution in [2.24, 2.45) is 0 Å². The first-order valence-corrected chi connectivity index (χ1v) is 11.4. The zero-order valence-electron chi connectivity index (χ0n) is 19.6. The van der Waals surface area contributed by atoms with Crippen LogP contribution in [0.4, 0.5) is 10.1 Å². The van der Waals surface area contributed by atoms with E-state index in [0.29, 0.717) is 12.2 Å². The maximum absolute atomic E-state index is 15.4. The van der Waals surface area contributed by atoms with E-state index in [9.17, 15) is 4.79 Å². The van der Waals surface area contributed by atoms with Crippen LogP contribution in [0.3, 0.4) is 0 Å². The predicted octanol–water partition coefficient (Wildman–Crippen LogP) is 3.85. The van der Waals surface area contributed by atoms with Gasteiger partial charge in [-0.05, 0) is 49.2 Å². The van der Waals surface area contributed by atoms with Gasteiger partial charge in [0.05, 0.1) is 37.0 Å². The third-order valence-electron chi connectivity index (χ3n) is 6.25. The van der Waals surface area contributed by atoms with Crippen molar-refractivity contribution in [1.29, 1.82) is 0 Å². The molecule has 9 heteroatoms. The molecule has 2 aromatic heterocycles. The van der Waals surface area contributed by atoms with Crippen LogP contribution in [0, 0.1) is 5.82 Å². The first-order valence-electron chi connectivity index (χ1n) is 11.4. The predicted molar refractivity (Wildman–Crippen MR) is 131 cm³/mol. The van der Waals surface area contributed by atoms with Gasteiger partial charge in [0, 0.05) is 25.9 Å². The summed E-state index contributed by atoms with van der Waals surface area (Å²) in [6, 6.07) is 16.1. The van der Waals surface area contributed by atoms with E-state index >= 15 is 4.39 Å². The second-order valence-electron chi connectivity index (χ2n) is 8.37. The van der Waals surface area contributed by atoms with Gasteiger partial charge in [-0.15, -0.1) is 0 Å². The molecular formula is C26H26FN5O3. The van der Waals surface area contributed by atoms with Crippen molar-refractivity contribution >= 4 is 5.69 Å². The third kappa shape index (κ3) is 4.42. The average molecular weight is 476 g/mol. The van der Waals surface area contributed by atoms with Gasteiger partial charge in [0.15, 0.2) is 17.3 Å². The summed E-state index contributed by atoms with van der Waals surface area (Å²) in [5.41, 5.74) is 1.94. The van der Waals surface area contributed by atoms with E-state index < -0.39 is 11.2 Å². The molecule has 0 saturated carbocycles. The maximum atomic E-state index is 15.4. The van der Waals surface area contributed by atoms with Gasteiger partial charge < -0.3 is 14.4 Å². The van der Waals surface area contributed by atoms with Gasteiger partial charge in [-0.25, -0.2) is 13.8 Å². The first kappa shape index (κ1) is 22.8. The highest BCUT2D eigenvalue weighted by molar-refractivity contribution is 5.59. The number of aromatic nitrogens is 4. The summed E-state index contributed by atoms with van der Waals surface area (Å²) in [7, 11) is 3.11. The Morgan fingerprint density at radius 3 is 2.63 bits per heavy atom. The summed E-state index contributed by atoms with van der Waals surface area (Å²) in [4.78, 5) is 15.2. The van der Waals surface area contributed by atoms with Gasteiger partial charge in [-0.3, -0.25) is 4.79 Å². The second-order valence-corrected chi connectivity index (χ2v) is 8.37. The average Bonchev–Trinajstić information content (AvgIpc) is 3.39. The smallest absolute Gasteiger partial charge is 0.251 e. The van der Waals surface area contributed by atoms with Gasteiger partial charge in [0.1, 0.15) is 5.69 Å². The van der Waals surface area contributed by atoms with Crippen molar-refractivity contribution in [2.45, 2.75) is 18.9 Å². The number of para-hydroxylation sites is 1. The number of benzene rings is 2. The van der Waals surface area contributed by atoms with E-state index in [1.54, 1.807) is 30.1 Å². The molecule has 1 saturated heterocycles. The number of methoxy groups -OCH3 is 2. The Morgan fingerprint density at radius 2 is 1.89 bits per heavy atom. The van der Waals surface area contributed by atoms with Crippen LogP contribution < -0.4 is 15.1 Å². The summed E-state index contributed by atoms with van der Waals surface area (Å²) in [5.74, 6) is -0.402. The molecule has 1 unspecified atom stereocenters. The molecule has 2 aromatic carbocycles. The normalized spacial score (nSPS) is 15.9. The van der Waals surface area contributed by atoms with Gasteiger partial charge in [-0.1, -0.05) is 18.2 Å². The fourth-order valence-electron chi connectivity index (χ4n) is 4.41. The fraction of sp³-hybridized carbons (Fsp3) is 0.269. The Balaban J connectivity index is 1.56. The minimum atomic E-state index is -0.456. The number of nitrogens with zero attached hydrogens (tertiary/aromatic N) is 5. The van der Waals surface area contributed by atoms with Gasteiger partial charge in [-0.2, -0.15) is 10.2 Å². The first-order chi connectivity index (χ1) is 17.1. The standard InChI is InChI=1S/C26H26FN5O3/c1-34-20-9-6-14-30(16-20)19-10-11-22(21(27)15-19)31-17-24(35-2)26(33)25(29-31)23-12-13-28-32(23)18-7-4-3-5-8-18/h3-5,7-8,10-13,15,17,20H,6,9,14,16H2,1-2H3. The van der Waals surface area contributed by atoms with Crippen LogP contribution in [0.1, 0.15) is 12.8 Å². The molecule has 1 atom stereocenters. The summed E-state index contributed by atoms with van der Waals surface area (Å²) in [5, 5.41) is 8.85. The Hall–Kier alpha value is -3.98. The minimum Gasteiger partial charge on any atom is -0.491 e. The molecule has 1 aliphatic rings. The lowest BCUT2D eigenvalue weighted by Gasteiger charge is -2.33. The maximum Gasteiger partial charge on any atom is 0.251 e. The highest BCUT2D eigenvalue weighted by atomic mass is 19.1. The van der Waals surface area contributed by atoms with Gasteiger partial charge in [0.25, 0.3) is 5.43 Å². The monoisotopic (exact) mass is 475 g/mol. The number of piperidine rings is 1. The number of hydrogen-bond acceptors (Lipinski definition) is 6. The second kappa shape index (κ2) is 9.71. The van der Waals surface area contributed by atoms with Crippen LogP contribution in [0.5, 0.6) is 5.75 Å². The molecule has 4 aromatic rings. The third-order valence-corrected chi connectivity index (χ3v) is 6.25. The van der Waals surface area contributed by atoms with Crippen LogP contribution in [0.15, 0.2) is 71.8 Å². The van der Waals surface area contributed by atoms with E-state index in [-0.39, 0.29) is 23.2 Å². The van der Waals surface area contributed by atoms with Crippen molar-refractivity contribution in [1.82, 2.24) is 19.6 Å². The topological polar surface area (TPSA) is 74.4 Å². The van der Waals surface area contributed by atoms with Crippen LogP contribution in [0.25, 0.3) is 22.8 Å². The lowest BCUT2D eigenvalue weighted by molar-refractivity contribution is 0.0893. The molecule has 35 heavy (non-hydrogen) atoms. The molecule has 0 radical (unpaired) electrons. The van der Waals surface area contributed by atoms with Crippen molar-refractivity contribution in [3.63, 3.8) is 0 Å². The van der Waals surface area contributed by atoms with Crippen LogP contribution in [0.2, 0.25) is 0 Å². The number of halogens is 1. The Labute approximate surface area is 202 Å². The fourth-order valence-corrected chi connectivity index (χ4v) is 4.41. The van der Waals surface area contributed by atoms with Crippen LogP contribution in [-0.2, 0) is 4.74 Å². The minimum absolute atomic E-state index is 0.0539. The lowest BCUT2D eigenvalue weighted by Crippen LogP contribution is -2.39. The number of anilines is 1. The summed E-state index contributed by atoms with van der Waals surface area (Å²) < 4.78 is 29.1. The van der Waals surface area contributed by atoms with Crippen molar-refractivity contribution in [3.05, 3.63) is 83.0 Å². The number of hydrogen-bond donors (Lipinski definition) is 0. The number of ether oxygens (including phenoxy) is 2. The summed E-state index contributed by atoms with van der Waals surface area (Å²) in [6.45, 7) is 1.56. The van der Waals surface area contributed by atoms with Crippen molar-refractivity contribution in [3.8, 4) is 28.5 Å². The van der Waals surface area contributed by atoms with Crippen LogP contribution >= 0.6 is 0 Å². The Kier molecular flexibility index (Phi) is 6.33. The van der Waals surface area contributed by atoms with E-state index in [2.05, 4.69) is 15.1 Å². The van der Waals surface area contributed by atoms with Crippen molar-refractivity contribution < 1.29 is 13.9 Å².